The number of rotatable bonds is 5. The van der Waals surface area contributed by atoms with Crippen LogP contribution in [0.15, 0.2) is 36.5 Å². The summed E-state index contributed by atoms with van der Waals surface area (Å²) < 4.78 is 0. The molecule has 0 amide bonds. The van der Waals surface area contributed by atoms with E-state index in [1.165, 1.54) is 22.3 Å². The van der Waals surface area contributed by atoms with Crippen LogP contribution in [0.1, 0.15) is 47.8 Å². The summed E-state index contributed by atoms with van der Waals surface area (Å²) in [6, 6.07) is 11.2. The largest absolute Gasteiger partial charge is 0.305 e. The van der Waals surface area contributed by atoms with Crippen LogP contribution < -0.4 is 5.32 Å². The van der Waals surface area contributed by atoms with E-state index in [1.807, 2.05) is 6.20 Å². The Morgan fingerprint density at radius 3 is 2.60 bits per heavy atom. The van der Waals surface area contributed by atoms with Gasteiger partial charge in [0, 0.05) is 6.20 Å². The highest BCUT2D eigenvalue weighted by Crippen LogP contribution is 2.24. The van der Waals surface area contributed by atoms with E-state index in [0.717, 1.165) is 18.7 Å². The van der Waals surface area contributed by atoms with Crippen LogP contribution in [0, 0.1) is 13.8 Å². The van der Waals surface area contributed by atoms with Crippen LogP contribution in [0.5, 0.6) is 0 Å². The highest BCUT2D eigenvalue weighted by molar-refractivity contribution is 5.35. The molecule has 2 heteroatoms. The summed E-state index contributed by atoms with van der Waals surface area (Å²) in [6.07, 6.45) is 3.02. The number of aromatic nitrogens is 1. The van der Waals surface area contributed by atoms with E-state index in [4.69, 9.17) is 0 Å². The normalized spacial score (nSPS) is 12.4. The van der Waals surface area contributed by atoms with Gasteiger partial charge in [0.25, 0.3) is 0 Å². The zero-order valence-corrected chi connectivity index (χ0v) is 12.9. The summed E-state index contributed by atoms with van der Waals surface area (Å²) in [4.78, 5) is 4.67. The molecular weight excluding hydrogens is 244 g/mol. The molecule has 2 aromatic rings. The Morgan fingerprint density at radius 1 is 1.15 bits per heavy atom. The summed E-state index contributed by atoms with van der Waals surface area (Å²) in [5.41, 5.74) is 6.26. The minimum absolute atomic E-state index is 0.173. The van der Waals surface area contributed by atoms with Gasteiger partial charge in [-0.2, -0.15) is 0 Å². The fourth-order valence-corrected chi connectivity index (χ4v) is 2.60. The van der Waals surface area contributed by atoms with Crippen LogP contribution in [0.2, 0.25) is 0 Å². The third-order valence-electron chi connectivity index (χ3n) is 3.63. The quantitative estimate of drug-likeness (QED) is 0.888. The number of hydrogen-bond donors (Lipinski definition) is 1. The summed E-state index contributed by atoms with van der Waals surface area (Å²) in [7, 11) is 0. The van der Waals surface area contributed by atoms with Crippen molar-refractivity contribution < 1.29 is 0 Å². The summed E-state index contributed by atoms with van der Waals surface area (Å²) >= 11 is 0. The van der Waals surface area contributed by atoms with E-state index < -0.39 is 0 Å². The molecule has 1 heterocycles. The van der Waals surface area contributed by atoms with Gasteiger partial charge in [-0.25, -0.2) is 0 Å². The van der Waals surface area contributed by atoms with Gasteiger partial charge in [0.2, 0.25) is 0 Å². The van der Waals surface area contributed by atoms with Gasteiger partial charge < -0.3 is 5.32 Å². The van der Waals surface area contributed by atoms with Crippen LogP contribution >= 0.6 is 0 Å². The van der Waals surface area contributed by atoms with Crippen LogP contribution in [0.3, 0.4) is 0 Å². The Hall–Kier alpha value is -1.67. The number of benzene rings is 1. The molecule has 0 saturated carbocycles. The Bertz CT molecular complexity index is 575. The minimum atomic E-state index is 0.173. The van der Waals surface area contributed by atoms with Crippen molar-refractivity contribution in [3.63, 3.8) is 0 Å². The Kier molecular flexibility index (Phi) is 4.91. The average molecular weight is 268 g/mol. The Balaban J connectivity index is 2.44. The van der Waals surface area contributed by atoms with Crippen molar-refractivity contribution in [2.24, 2.45) is 0 Å². The molecule has 1 unspecified atom stereocenters. The fourth-order valence-electron chi connectivity index (χ4n) is 2.60. The van der Waals surface area contributed by atoms with Crippen molar-refractivity contribution in [1.29, 1.82) is 0 Å². The monoisotopic (exact) mass is 268 g/mol. The van der Waals surface area contributed by atoms with E-state index >= 15 is 0 Å². The first kappa shape index (κ1) is 14.7. The molecule has 0 aliphatic rings. The molecule has 2 nitrogen and oxygen atoms in total. The lowest BCUT2D eigenvalue weighted by Crippen LogP contribution is -2.24. The van der Waals surface area contributed by atoms with Crippen LogP contribution in [-0.2, 0) is 6.42 Å². The van der Waals surface area contributed by atoms with Gasteiger partial charge in [0.05, 0.1) is 11.7 Å². The first-order chi connectivity index (χ1) is 9.65. The lowest BCUT2D eigenvalue weighted by Gasteiger charge is -2.20. The molecule has 106 valence electrons. The summed E-state index contributed by atoms with van der Waals surface area (Å²) in [5.74, 6) is 0. The van der Waals surface area contributed by atoms with Gasteiger partial charge in [0.15, 0.2) is 0 Å². The molecule has 0 aliphatic heterocycles. The van der Waals surface area contributed by atoms with Gasteiger partial charge in [-0.3, -0.25) is 4.98 Å². The van der Waals surface area contributed by atoms with Crippen LogP contribution in [0.4, 0.5) is 0 Å². The predicted molar refractivity (Wildman–Crippen MR) is 85.1 cm³/mol. The van der Waals surface area contributed by atoms with E-state index in [1.54, 1.807) is 0 Å². The molecular formula is C18H24N2. The van der Waals surface area contributed by atoms with Crippen molar-refractivity contribution in [2.45, 2.75) is 40.2 Å². The molecule has 0 spiro atoms. The molecule has 0 saturated heterocycles. The molecule has 20 heavy (non-hydrogen) atoms. The number of aryl methyl sites for hydroxylation is 3. The van der Waals surface area contributed by atoms with Crippen molar-refractivity contribution in [3.05, 3.63) is 64.5 Å². The van der Waals surface area contributed by atoms with E-state index in [0.29, 0.717) is 0 Å². The van der Waals surface area contributed by atoms with E-state index in [2.05, 4.69) is 68.3 Å². The molecule has 1 aromatic heterocycles. The van der Waals surface area contributed by atoms with Gasteiger partial charge in [-0.1, -0.05) is 44.2 Å². The van der Waals surface area contributed by atoms with E-state index in [-0.39, 0.29) is 6.04 Å². The lowest BCUT2D eigenvalue weighted by molar-refractivity contribution is 0.611. The third-order valence-corrected chi connectivity index (χ3v) is 3.63. The smallest absolute Gasteiger partial charge is 0.0754 e. The van der Waals surface area contributed by atoms with Gasteiger partial charge in [-0.15, -0.1) is 0 Å². The molecule has 0 aliphatic carbocycles. The fraction of sp³-hybridized carbons (Fsp3) is 0.389. The standard InChI is InChI=1S/C18H24N2/c1-5-15-8-7-9-16(11-15)18(19-6-2)17-14(4)10-13(3)12-20-17/h7-12,18-19H,5-6H2,1-4H3. The zero-order chi connectivity index (χ0) is 14.5. The van der Waals surface area contributed by atoms with Gasteiger partial charge in [-0.05, 0) is 49.1 Å². The Labute approximate surface area is 122 Å². The molecule has 0 fully saturated rings. The topological polar surface area (TPSA) is 24.9 Å². The highest BCUT2D eigenvalue weighted by Gasteiger charge is 2.16. The second-order valence-electron chi connectivity index (χ2n) is 5.30. The second-order valence-corrected chi connectivity index (χ2v) is 5.30. The maximum absolute atomic E-state index is 4.67. The number of pyridine rings is 1. The molecule has 0 bridgehead atoms. The SMILES string of the molecule is CCNC(c1cccc(CC)c1)c1ncc(C)cc1C. The average Bonchev–Trinajstić information content (AvgIpc) is 2.45. The molecule has 1 N–H and O–H groups in total. The maximum Gasteiger partial charge on any atom is 0.0754 e. The van der Waals surface area contributed by atoms with Gasteiger partial charge in [0.1, 0.15) is 0 Å². The molecule has 2 rings (SSSR count). The zero-order valence-electron chi connectivity index (χ0n) is 12.9. The van der Waals surface area contributed by atoms with Crippen molar-refractivity contribution in [2.75, 3.05) is 6.54 Å². The van der Waals surface area contributed by atoms with Crippen LogP contribution in [0.25, 0.3) is 0 Å². The number of hydrogen-bond acceptors (Lipinski definition) is 2. The predicted octanol–water partition coefficient (Wildman–Crippen LogP) is 3.96. The van der Waals surface area contributed by atoms with Crippen LogP contribution in [-0.4, -0.2) is 11.5 Å². The van der Waals surface area contributed by atoms with Gasteiger partial charge >= 0.3 is 0 Å². The maximum atomic E-state index is 4.67. The second kappa shape index (κ2) is 6.67. The third kappa shape index (κ3) is 3.26. The Morgan fingerprint density at radius 2 is 1.95 bits per heavy atom. The van der Waals surface area contributed by atoms with Crippen molar-refractivity contribution >= 4 is 0 Å². The number of nitrogens with zero attached hydrogens (tertiary/aromatic N) is 1. The summed E-state index contributed by atoms with van der Waals surface area (Å²) in [5, 5.41) is 3.56. The molecule has 1 atom stereocenters. The highest BCUT2D eigenvalue weighted by atomic mass is 14.9. The molecule has 0 radical (unpaired) electrons. The first-order valence-corrected chi connectivity index (χ1v) is 7.41. The first-order valence-electron chi connectivity index (χ1n) is 7.41. The van der Waals surface area contributed by atoms with Crippen molar-refractivity contribution in [1.82, 2.24) is 10.3 Å². The minimum Gasteiger partial charge on any atom is -0.305 e. The van der Waals surface area contributed by atoms with Crippen molar-refractivity contribution in [3.8, 4) is 0 Å². The number of nitrogens with one attached hydrogen (secondary N) is 1. The lowest BCUT2D eigenvalue weighted by atomic mass is 9.97. The van der Waals surface area contributed by atoms with E-state index in [9.17, 15) is 0 Å². The summed E-state index contributed by atoms with van der Waals surface area (Å²) in [6.45, 7) is 9.49. The molecule has 1 aromatic carbocycles.